The number of hydrogen-bond acceptors (Lipinski definition) is 4. The molecule has 0 unspecified atom stereocenters. The van der Waals surface area contributed by atoms with Crippen molar-refractivity contribution in [3.05, 3.63) is 72.3 Å². The normalized spacial score (nSPS) is 11.3. The highest BCUT2D eigenvalue weighted by molar-refractivity contribution is 7.88. The Labute approximate surface area is 149 Å². The minimum absolute atomic E-state index is 0.0467. The van der Waals surface area contributed by atoms with E-state index in [2.05, 4.69) is 6.58 Å². The second-order valence-corrected chi connectivity index (χ2v) is 7.48. The quantitative estimate of drug-likeness (QED) is 0.644. The fourth-order valence-corrected chi connectivity index (χ4v) is 3.95. The molecule has 0 aliphatic carbocycles. The van der Waals surface area contributed by atoms with E-state index in [9.17, 15) is 8.42 Å². The van der Waals surface area contributed by atoms with Crippen molar-refractivity contribution in [3.8, 4) is 11.5 Å². The van der Waals surface area contributed by atoms with Crippen LogP contribution in [0.4, 0.5) is 0 Å². The van der Waals surface area contributed by atoms with E-state index in [0.717, 1.165) is 11.1 Å². The van der Waals surface area contributed by atoms with Crippen LogP contribution >= 0.6 is 0 Å². The van der Waals surface area contributed by atoms with Gasteiger partial charge < -0.3 is 9.47 Å². The Balaban J connectivity index is 2.24. The molecule has 0 aliphatic heterocycles. The zero-order valence-corrected chi connectivity index (χ0v) is 15.3. The van der Waals surface area contributed by atoms with Crippen LogP contribution in [-0.4, -0.2) is 33.5 Å². The van der Waals surface area contributed by atoms with Crippen molar-refractivity contribution in [2.75, 3.05) is 20.8 Å². The van der Waals surface area contributed by atoms with Gasteiger partial charge in [-0.2, -0.15) is 4.31 Å². The molecule has 25 heavy (non-hydrogen) atoms. The fraction of sp³-hybridized carbons (Fsp3) is 0.263. The van der Waals surface area contributed by atoms with Crippen LogP contribution in [0.5, 0.6) is 11.5 Å². The zero-order valence-electron chi connectivity index (χ0n) is 14.5. The fourth-order valence-electron chi connectivity index (χ4n) is 2.48. The summed E-state index contributed by atoms with van der Waals surface area (Å²) in [4.78, 5) is 0. The van der Waals surface area contributed by atoms with E-state index in [-0.39, 0.29) is 18.8 Å². The number of hydrogen-bond donors (Lipinski definition) is 0. The third-order valence-electron chi connectivity index (χ3n) is 3.72. The second-order valence-electron chi connectivity index (χ2n) is 5.51. The number of benzene rings is 2. The van der Waals surface area contributed by atoms with Gasteiger partial charge in [-0.1, -0.05) is 42.5 Å². The molecule has 0 aromatic heterocycles. The molecule has 2 aromatic carbocycles. The number of methoxy groups -OCH3 is 2. The molecule has 0 spiro atoms. The molecule has 5 nitrogen and oxygen atoms in total. The van der Waals surface area contributed by atoms with E-state index in [0.29, 0.717) is 11.5 Å². The lowest BCUT2D eigenvalue weighted by Gasteiger charge is -2.21. The maximum atomic E-state index is 12.8. The predicted molar refractivity (Wildman–Crippen MR) is 99.2 cm³/mol. The van der Waals surface area contributed by atoms with Crippen LogP contribution in [0.1, 0.15) is 11.1 Å². The molecule has 0 radical (unpaired) electrons. The molecule has 0 bridgehead atoms. The van der Waals surface area contributed by atoms with E-state index < -0.39 is 10.0 Å². The van der Waals surface area contributed by atoms with Gasteiger partial charge in [0, 0.05) is 13.1 Å². The minimum Gasteiger partial charge on any atom is -0.493 e. The van der Waals surface area contributed by atoms with Crippen LogP contribution in [0, 0.1) is 0 Å². The molecular formula is C19H23NO4S. The molecule has 0 saturated heterocycles. The third-order valence-corrected chi connectivity index (χ3v) is 5.49. The molecule has 2 rings (SSSR count). The Bertz CT molecular complexity index is 803. The zero-order chi connectivity index (χ0) is 18.3. The summed E-state index contributed by atoms with van der Waals surface area (Å²) in [6.07, 6.45) is 1.59. The largest absolute Gasteiger partial charge is 0.493 e. The van der Waals surface area contributed by atoms with Crippen molar-refractivity contribution in [2.24, 2.45) is 0 Å². The molecule has 0 amide bonds. The van der Waals surface area contributed by atoms with Gasteiger partial charge in [-0.3, -0.25) is 0 Å². The van der Waals surface area contributed by atoms with Gasteiger partial charge in [-0.25, -0.2) is 8.42 Å². The van der Waals surface area contributed by atoms with Crippen molar-refractivity contribution in [2.45, 2.75) is 12.3 Å². The van der Waals surface area contributed by atoms with Crippen molar-refractivity contribution in [1.82, 2.24) is 4.31 Å². The smallest absolute Gasteiger partial charge is 0.218 e. The van der Waals surface area contributed by atoms with Crippen molar-refractivity contribution in [3.63, 3.8) is 0 Å². The highest BCUT2D eigenvalue weighted by Crippen LogP contribution is 2.28. The lowest BCUT2D eigenvalue weighted by Crippen LogP contribution is -2.31. The van der Waals surface area contributed by atoms with Crippen LogP contribution in [0.3, 0.4) is 0 Å². The molecule has 0 N–H and O–H groups in total. The Morgan fingerprint density at radius 1 is 1.00 bits per heavy atom. The summed E-state index contributed by atoms with van der Waals surface area (Å²) in [6.45, 7) is 4.15. The number of nitrogens with zero attached hydrogens (tertiary/aromatic N) is 1. The predicted octanol–water partition coefficient (Wildman–Crippen LogP) is 3.22. The Kier molecular flexibility index (Phi) is 6.61. The first-order chi connectivity index (χ1) is 12.0. The summed E-state index contributed by atoms with van der Waals surface area (Å²) < 4.78 is 37.5. The lowest BCUT2D eigenvalue weighted by molar-refractivity contribution is 0.353. The van der Waals surface area contributed by atoms with Crippen LogP contribution in [-0.2, 0) is 22.3 Å². The molecule has 0 aliphatic rings. The van der Waals surface area contributed by atoms with Crippen LogP contribution in [0.2, 0.25) is 0 Å². The Hall–Kier alpha value is -2.31. The first-order valence-electron chi connectivity index (χ1n) is 7.83. The number of sulfonamides is 1. The standard InChI is InChI=1S/C19H23NO4S/c1-4-12-20(25(21,22)15-16-8-6-5-7-9-16)14-17-10-11-18(23-2)19(13-17)24-3/h4-11,13H,1,12,14-15H2,2-3H3. The van der Waals surface area contributed by atoms with E-state index in [1.807, 2.05) is 24.3 Å². The van der Waals surface area contributed by atoms with Crippen molar-refractivity contribution < 1.29 is 17.9 Å². The van der Waals surface area contributed by atoms with Gasteiger partial charge in [-0.15, -0.1) is 6.58 Å². The molecule has 0 saturated carbocycles. The van der Waals surface area contributed by atoms with Gasteiger partial charge in [0.2, 0.25) is 10.0 Å². The van der Waals surface area contributed by atoms with Gasteiger partial charge in [0.25, 0.3) is 0 Å². The van der Waals surface area contributed by atoms with Gasteiger partial charge >= 0.3 is 0 Å². The van der Waals surface area contributed by atoms with E-state index in [4.69, 9.17) is 9.47 Å². The Morgan fingerprint density at radius 3 is 2.28 bits per heavy atom. The van der Waals surface area contributed by atoms with Crippen LogP contribution in [0.25, 0.3) is 0 Å². The molecule has 0 heterocycles. The minimum atomic E-state index is -3.48. The van der Waals surface area contributed by atoms with E-state index in [1.54, 1.807) is 44.6 Å². The topological polar surface area (TPSA) is 55.8 Å². The highest BCUT2D eigenvalue weighted by atomic mass is 32.2. The first kappa shape index (κ1) is 19.0. The summed E-state index contributed by atoms with van der Waals surface area (Å²) >= 11 is 0. The SMILES string of the molecule is C=CCN(Cc1ccc(OC)c(OC)c1)S(=O)(=O)Cc1ccccc1. The number of rotatable bonds is 9. The molecule has 0 fully saturated rings. The highest BCUT2D eigenvalue weighted by Gasteiger charge is 2.22. The van der Waals surface area contributed by atoms with Crippen molar-refractivity contribution >= 4 is 10.0 Å². The van der Waals surface area contributed by atoms with Crippen LogP contribution < -0.4 is 9.47 Å². The Morgan fingerprint density at radius 2 is 1.68 bits per heavy atom. The first-order valence-corrected chi connectivity index (χ1v) is 9.44. The molecule has 2 aromatic rings. The summed E-state index contributed by atoms with van der Waals surface area (Å²) in [5.74, 6) is 1.13. The van der Waals surface area contributed by atoms with Gasteiger partial charge in [0.05, 0.1) is 20.0 Å². The van der Waals surface area contributed by atoms with E-state index >= 15 is 0 Å². The molecule has 0 atom stereocenters. The summed E-state index contributed by atoms with van der Waals surface area (Å²) in [6, 6.07) is 14.5. The van der Waals surface area contributed by atoms with Crippen molar-refractivity contribution in [1.29, 1.82) is 0 Å². The third kappa shape index (κ3) is 5.08. The maximum Gasteiger partial charge on any atom is 0.218 e. The van der Waals surface area contributed by atoms with E-state index in [1.165, 1.54) is 4.31 Å². The van der Waals surface area contributed by atoms with Gasteiger partial charge in [0.15, 0.2) is 11.5 Å². The van der Waals surface area contributed by atoms with Gasteiger partial charge in [-0.05, 0) is 23.3 Å². The summed E-state index contributed by atoms with van der Waals surface area (Å²) in [5.41, 5.74) is 1.57. The molecule has 6 heteroatoms. The second kappa shape index (κ2) is 8.69. The average molecular weight is 361 g/mol. The van der Waals surface area contributed by atoms with Gasteiger partial charge in [0.1, 0.15) is 0 Å². The summed E-state index contributed by atoms with van der Waals surface area (Å²) in [7, 11) is -0.369. The average Bonchev–Trinajstić information content (AvgIpc) is 2.61. The molecule has 134 valence electrons. The van der Waals surface area contributed by atoms with Crippen LogP contribution in [0.15, 0.2) is 61.2 Å². The molecular weight excluding hydrogens is 338 g/mol. The maximum absolute atomic E-state index is 12.8. The summed E-state index contributed by atoms with van der Waals surface area (Å²) in [5, 5.41) is 0. The lowest BCUT2D eigenvalue weighted by atomic mass is 10.2. The monoisotopic (exact) mass is 361 g/mol. The number of ether oxygens (including phenoxy) is 2.